The van der Waals surface area contributed by atoms with Gasteiger partial charge in [-0.05, 0) is 24.6 Å². The zero-order valence-electron chi connectivity index (χ0n) is 12.4. The molecule has 0 fully saturated rings. The zero-order chi connectivity index (χ0) is 17.0. The van der Waals surface area contributed by atoms with Crippen LogP contribution < -0.4 is 10.2 Å². The molecule has 0 bridgehead atoms. The SMILES string of the molecule is COc1cc([N+](=O)[O-])cc(C=NNc2ccc(C)c(Cl)c2)c1O. The summed E-state index contributed by atoms with van der Waals surface area (Å²) in [4.78, 5) is 10.3. The second kappa shape index (κ2) is 6.97. The number of nitrogens with one attached hydrogen (secondary N) is 1. The summed E-state index contributed by atoms with van der Waals surface area (Å²) in [5.41, 5.74) is 4.26. The standard InChI is InChI=1S/C15H14ClN3O4/c1-9-3-4-11(6-13(9)16)18-17-8-10-5-12(19(21)22)7-14(23-2)15(10)20/h3-8,18,20H,1-2H3. The van der Waals surface area contributed by atoms with Crippen LogP contribution in [0, 0.1) is 17.0 Å². The number of hydrazone groups is 1. The van der Waals surface area contributed by atoms with Crippen LogP contribution in [0.25, 0.3) is 0 Å². The van der Waals surface area contributed by atoms with E-state index in [2.05, 4.69) is 10.5 Å². The molecule has 2 aromatic rings. The Hall–Kier alpha value is -2.80. The second-order valence-electron chi connectivity index (χ2n) is 4.68. The third-order valence-electron chi connectivity index (χ3n) is 3.09. The highest BCUT2D eigenvalue weighted by atomic mass is 35.5. The molecule has 2 aromatic carbocycles. The highest BCUT2D eigenvalue weighted by molar-refractivity contribution is 6.31. The quantitative estimate of drug-likeness (QED) is 0.493. The average Bonchev–Trinajstić information content (AvgIpc) is 2.52. The van der Waals surface area contributed by atoms with Crippen LogP contribution in [0.2, 0.25) is 5.02 Å². The number of nitro benzene ring substituents is 1. The lowest BCUT2D eigenvalue weighted by molar-refractivity contribution is -0.385. The summed E-state index contributed by atoms with van der Waals surface area (Å²) in [6.45, 7) is 1.88. The van der Waals surface area contributed by atoms with Crippen molar-refractivity contribution in [2.75, 3.05) is 12.5 Å². The van der Waals surface area contributed by atoms with E-state index in [4.69, 9.17) is 16.3 Å². The minimum atomic E-state index is -0.577. The van der Waals surface area contributed by atoms with Gasteiger partial charge in [-0.3, -0.25) is 15.5 Å². The predicted molar refractivity (Wildman–Crippen MR) is 88.7 cm³/mol. The fourth-order valence-electron chi connectivity index (χ4n) is 1.81. The highest BCUT2D eigenvalue weighted by Gasteiger charge is 2.15. The third-order valence-corrected chi connectivity index (χ3v) is 3.50. The van der Waals surface area contributed by atoms with Gasteiger partial charge in [0.15, 0.2) is 11.5 Å². The Labute approximate surface area is 137 Å². The predicted octanol–water partition coefficient (Wildman–Crippen LogP) is 3.72. The minimum Gasteiger partial charge on any atom is -0.504 e. The van der Waals surface area contributed by atoms with Crippen molar-refractivity contribution in [1.82, 2.24) is 0 Å². The van der Waals surface area contributed by atoms with Crippen LogP contribution in [0.4, 0.5) is 11.4 Å². The molecular weight excluding hydrogens is 322 g/mol. The number of hydrogen-bond acceptors (Lipinski definition) is 6. The summed E-state index contributed by atoms with van der Waals surface area (Å²) in [7, 11) is 1.31. The Bertz CT molecular complexity index is 778. The first-order valence-electron chi connectivity index (χ1n) is 6.53. The topological polar surface area (TPSA) is 97.0 Å². The molecule has 0 unspecified atom stereocenters. The summed E-state index contributed by atoms with van der Waals surface area (Å²) < 4.78 is 4.92. The summed E-state index contributed by atoms with van der Waals surface area (Å²) in [5.74, 6) is -0.232. The molecule has 0 aliphatic heterocycles. The van der Waals surface area contributed by atoms with E-state index in [0.717, 1.165) is 11.6 Å². The molecule has 0 saturated heterocycles. The van der Waals surface area contributed by atoms with Crippen molar-refractivity contribution in [3.63, 3.8) is 0 Å². The summed E-state index contributed by atoms with van der Waals surface area (Å²) in [5, 5.41) is 25.4. The Kier molecular flexibility index (Phi) is 5.02. The van der Waals surface area contributed by atoms with Gasteiger partial charge in [0, 0.05) is 16.7 Å². The third kappa shape index (κ3) is 3.89. The van der Waals surface area contributed by atoms with Gasteiger partial charge in [-0.2, -0.15) is 5.10 Å². The van der Waals surface area contributed by atoms with Crippen LogP contribution in [0.5, 0.6) is 11.5 Å². The maximum Gasteiger partial charge on any atom is 0.274 e. The Balaban J connectivity index is 2.26. The maximum absolute atomic E-state index is 10.9. The molecule has 120 valence electrons. The number of hydrogen-bond donors (Lipinski definition) is 2. The van der Waals surface area contributed by atoms with Crippen molar-refractivity contribution in [1.29, 1.82) is 0 Å². The Morgan fingerprint density at radius 1 is 1.39 bits per heavy atom. The molecule has 0 amide bonds. The molecule has 0 aromatic heterocycles. The molecular formula is C15H14ClN3O4. The van der Waals surface area contributed by atoms with Gasteiger partial charge in [0.1, 0.15) is 0 Å². The number of non-ortho nitro benzene ring substituents is 1. The summed E-state index contributed by atoms with van der Waals surface area (Å²) >= 11 is 6.01. The number of nitro groups is 1. The van der Waals surface area contributed by atoms with Gasteiger partial charge in [0.05, 0.1) is 30.0 Å². The monoisotopic (exact) mass is 335 g/mol. The molecule has 0 heterocycles. The van der Waals surface area contributed by atoms with Crippen molar-refractivity contribution in [3.05, 3.63) is 56.6 Å². The van der Waals surface area contributed by atoms with Crippen LogP contribution in [0.1, 0.15) is 11.1 Å². The first-order valence-corrected chi connectivity index (χ1v) is 6.90. The summed E-state index contributed by atoms with van der Waals surface area (Å²) in [6, 6.07) is 7.65. The van der Waals surface area contributed by atoms with Crippen molar-refractivity contribution in [3.8, 4) is 11.5 Å². The fourth-order valence-corrected chi connectivity index (χ4v) is 1.99. The molecule has 2 N–H and O–H groups in total. The first kappa shape index (κ1) is 16.6. The number of anilines is 1. The molecule has 0 atom stereocenters. The number of benzene rings is 2. The number of methoxy groups -OCH3 is 1. The van der Waals surface area contributed by atoms with E-state index in [0.29, 0.717) is 10.7 Å². The number of phenolic OH excluding ortho intramolecular Hbond substituents is 1. The number of phenols is 1. The summed E-state index contributed by atoms with van der Waals surface area (Å²) in [6.07, 6.45) is 1.26. The van der Waals surface area contributed by atoms with Crippen molar-refractivity contribution < 1.29 is 14.8 Å². The average molecular weight is 336 g/mol. The number of aryl methyl sites for hydroxylation is 1. The first-order chi connectivity index (χ1) is 10.9. The van der Waals surface area contributed by atoms with Gasteiger partial charge in [-0.15, -0.1) is 0 Å². The van der Waals surface area contributed by atoms with Gasteiger partial charge < -0.3 is 9.84 Å². The van der Waals surface area contributed by atoms with E-state index in [1.807, 2.05) is 13.0 Å². The number of aromatic hydroxyl groups is 1. The van der Waals surface area contributed by atoms with Gasteiger partial charge in [0.25, 0.3) is 5.69 Å². The van der Waals surface area contributed by atoms with E-state index in [-0.39, 0.29) is 22.7 Å². The number of halogens is 1. The van der Waals surface area contributed by atoms with Gasteiger partial charge in [-0.1, -0.05) is 17.7 Å². The lowest BCUT2D eigenvalue weighted by atomic mass is 10.2. The molecule has 0 radical (unpaired) electrons. The van der Waals surface area contributed by atoms with Crippen LogP contribution in [-0.2, 0) is 0 Å². The van der Waals surface area contributed by atoms with E-state index in [9.17, 15) is 15.2 Å². The van der Waals surface area contributed by atoms with Crippen molar-refractivity contribution >= 4 is 29.2 Å². The van der Waals surface area contributed by atoms with Gasteiger partial charge in [-0.25, -0.2) is 0 Å². The van der Waals surface area contributed by atoms with Gasteiger partial charge >= 0.3 is 0 Å². The Morgan fingerprint density at radius 3 is 2.74 bits per heavy atom. The van der Waals surface area contributed by atoms with Crippen molar-refractivity contribution in [2.45, 2.75) is 6.92 Å². The molecule has 0 aliphatic rings. The highest BCUT2D eigenvalue weighted by Crippen LogP contribution is 2.33. The maximum atomic E-state index is 10.9. The van der Waals surface area contributed by atoms with Gasteiger partial charge in [0.2, 0.25) is 0 Å². The van der Waals surface area contributed by atoms with Crippen LogP contribution in [-0.4, -0.2) is 23.4 Å². The normalized spacial score (nSPS) is 10.7. The zero-order valence-corrected chi connectivity index (χ0v) is 13.2. The Morgan fingerprint density at radius 2 is 2.13 bits per heavy atom. The molecule has 2 rings (SSSR count). The number of ether oxygens (including phenoxy) is 1. The smallest absolute Gasteiger partial charge is 0.274 e. The minimum absolute atomic E-state index is 0.000898. The molecule has 8 heteroatoms. The largest absolute Gasteiger partial charge is 0.504 e. The number of rotatable bonds is 5. The van der Waals surface area contributed by atoms with Crippen molar-refractivity contribution in [2.24, 2.45) is 5.10 Å². The molecule has 0 aliphatic carbocycles. The lowest BCUT2D eigenvalue weighted by Crippen LogP contribution is -1.96. The van der Waals surface area contributed by atoms with E-state index >= 15 is 0 Å². The number of nitrogens with zero attached hydrogens (tertiary/aromatic N) is 2. The van der Waals surface area contributed by atoms with E-state index in [1.54, 1.807) is 12.1 Å². The van der Waals surface area contributed by atoms with Crippen LogP contribution in [0.15, 0.2) is 35.4 Å². The molecule has 0 saturated carbocycles. The van der Waals surface area contributed by atoms with E-state index < -0.39 is 4.92 Å². The lowest BCUT2D eigenvalue weighted by Gasteiger charge is -2.06. The fraction of sp³-hybridized carbons (Fsp3) is 0.133. The molecule has 23 heavy (non-hydrogen) atoms. The van der Waals surface area contributed by atoms with Crippen LogP contribution >= 0.6 is 11.6 Å². The van der Waals surface area contributed by atoms with Crippen LogP contribution in [0.3, 0.4) is 0 Å². The molecule has 0 spiro atoms. The molecule has 7 nitrogen and oxygen atoms in total. The second-order valence-corrected chi connectivity index (χ2v) is 5.08. The van der Waals surface area contributed by atoms with E-state index in [1.165, 1.54) is 19.4 Å².